The Labute approximate surface area is 221 Å². The highest BCUT2D eigenvalue weighted by molar-refractivity contribution is 4.87. The first-order valence-corrected chi connectivity index (χ1v) is 16.3. The molecular formula is C33H65N2+. The second-order valence-corrected chi connectivity index (χ2v) is 11.7. The molecule has 2 atom stereocenters. The zero-order chi connectivity index (χ0) is 25.4. The largest absolute Gasteiger partial charge is 0.257 e. The summed E-state index contributed by atoms with van der Waals surface area (Å²) in [5.41, 5.74) is 0. The summed E-state index contributed by atoms with van der Waals surface area (Å²) >= 11 is 0. The maximum absolute atomic E-state index is 3.58. The van der Waals surface area contributed by atoms with E-state index in [-0.39, 0.29) is 0 Å². The summed E-state index contributed by atoms with van der Waals surface area (Å²) in [6, 6.07) is 0.620. The maximum atomic E-state index is 3.58. The van der Waals surface area contributed by atoms with Crippen molar-refractivity contribution in [2.45, 2.75) is 194 Å². The van der Waals surface area contributed by atoms with Crippen LogP contribution < -0.4 is 4.57 Å². The molecule has 0 fully saturated rings. The minimum Gasteiger partial charge on any atom is -0.247 e. The first kappa shape index (κ1) is 32.2. The van der Waals surface area contributed by atoms with E-state index in [4.69, 9.17) is 0 Å². The topological polar surface area (TPSA) is 19.7 Å². The lowest BCUT2D eigenvalue weighted by atomic mass is 10.00. The minimum atomic E-state index is 0.620. The van der Waals surface area contributed by atoms with E-state index in [0.29, 0.717) is 12.0 Å². The number of rotatable bonds is 26. The van der Waals surface area contributed by atoms with Crippen LogP contribution in [-0.2, 0) is 0 Å². The van der Waals surface area contributed by atoms with Crippen LogP contribution in [0, 0.1) is 0 Å². The monoisotopic (exact) mass is 490 g/mol. The Hall–Kier alpha value is -0.790. The van der Waals surface area contributed by atoms with Crippen molar-refractivity contribution < 1.29 is 4.57 Å². The van der Waals surface area contributed by atoms with Crippen LogP contribution in [0.1, 0.15) is 200 Å². The molecule has 1 rings (SSSR count). The normalized spacial score (nSPS) is 13.4. The van der Waals surface area contributed by atoms with E-state index in [0.717, 1.165) is 0 Å². The number of unbranched alkanes of at least 4 members (excludes halogenated alkanes) is 20. The average Bonchev–Trinajstić information content (AvgIpc) is 3.36. The van der Waals surface area contributed by atoms with Crippen molar-refractivity contribution in [3.63, 3.8) is 0 Å². The third kappa shape index (κ3) is 17.3. The summed E-state index contributed by atoms with van der Waals surface area (Å²) in [6.07, 6.45) is 38.5. The lowest BCUT2D eigenvalue weighted by Crippen LogP contribution is -2.40. The van der Waals surface area contributed by atoms with Crippen molar-refractivity contribution in [1.29, 1.82) is 0 Å². The van der Waals surface area contributed by atoms with E-state index in [9.17, 15) is 0 Å². The lowest BCUT2D eigenvalue weighted by molar-refractivity contribution is -0.727. The lowest BCUT2D eigenvalue weighted by Gasteiger charge is -2.14. The molecule has 0 aromatic carbocycles. The molecular weight excluding hydrogens is 424 g/mol. The summed E-state index contributed by atoms with van der Waals surface area (Å²) in [4.78, 5) is 3.58. The Kier molecular flexibility index (Phi) is 21.7. The summed E-state index contributed by atoms with van der Waals surface area (Å²) in [5, 5.41) is 0. The van der Waals surface area contributed by atoms with Gasteiger partial charge in [0, 0.05) is 0 Å². The van der Waals surface area contributed by atoms with Crippen LogP contribution in [0.5, 0.6) is 0 Å². The van der Waals surface area contributed by atoms with Crippen LogP contribution in [0.25, 0.3) is 0 Å². The second kappa shape index (κ2) is 23.6. The van der Waals surface area contributed by atoms with E-state index >= 15 is 0 Å². The van der Waals surface area contributed by atoms with E-state index in [1.54, 1.807) is 0 Å². The van der Waals surface area contributed by atoms with Gasteiger partial charge < -0.3 is 0 Å². The van der Waals surface area contributed by atoms with Gasteiger partial charge in [0.05, 0.1) is 12.0 Å². The Morgan fingerprint density at radius 3 is 1.34 bits per heavy atom. The Morgan fingerprint density at radius 1 is 0.543 bits per heavy atom. The van der Waals surface area contributed by atoms with Gasteiger partial charge in [-0.3, -0.25) is 0 Å². The van der Waals surface area contributed by atoms with Crippen LogP contribution in [-0.4, -0.2) is 4.98 Å². The van der Waals surface area contributed by atoms with Gasteiger partial charge in [-0.2, -0.15) is 0 Å². The summed E-state index contributed by atoms with van der Waals surface area (Å²) in [7, 11) is 0. The molecule has 1 aromatic rings. The predicted octanol–water partition coefficient (Wildman–Crippen LogP) is 11.4. The third-order valence-corrected chi connectivity index (χ3v) is 8.15. The zero-order valence-electron chi connectivity index (χ0n) is 24.7. The van der Waals surface area contributed by atoms with Crippen molar-refractivity contribution >= 4 is 0 Å². The van der Waals surface area contributed by atoms with Crippen molar-refractivity contribution in [2.75, 3.05) is 0 Å². The molecule has 2 unspecified atom stereocenters. The van der Waals surface area contributed by atoms with Crippen LogP contribution in [0.4, 0.5) is 0 Å². The molecule has 206 valence electrons. The highest BCUT2D eigenvalue weighted by Crippen LogP contribution is 2.21. The van der Waals surface area contributed by atoms with Gasteiger partial charge >= 0.3 is 0 Å². The summed E-state index contributed by atoms with van der Waals surface area (Å²) in [5.74, 6) is 2.09. The second-order valence-electron chi connectivity index (χ2n) is 11.7. The summed E-state index contributed by atoms with van der Waals surface area (Å²) < 4.78 is 2.54. The number of nitrogens with zero attached hydrogens (tertiary/aromatic N) is 1. The van der Waals surface area contributed by atoms with E-state index in [2.05, 4.69) is 49.6 Å². The SMILES string of the molecule is CCCCCCCCCCCCCC(C)c1[nH]cc[n+]1C(C)CCCCCCCCCCCCC. The molecule has 0 amide bonds. The van der Waals surface area contributed by atoms with Gasteiger partial charge in [-0.1, -0.05) is 156 Å². The van der Waals surface area contributed by atoms with Gasteiger partial charge in [0.25, 0.3) is 5.82 Å². The minimum absolute atomic E-state index is 0.620. The highest BCUT2D eigenvalue weighted by atomic mass is 15.1. The van der Waals surface area contributed by atoms with E-state index in [1.165, 1.54) is 160 Å². The number of aromatic nitrogens is 2. The number of hydrogen-bond acceptors (Lipinski definition) is 0. The molecule has 0 saturated heterocycles. The summed E-state index contributed by atoms with van der Waals surface area (Å²) in [6.45, 7) is 9.45. The van der Waals surface area contributed by atoms with Crippen molar-refractivity contribution in [3.8, 4) is 0 Å². The van der Waals surface area contributed by atoms with Gasteiger partial charge in [0.1, 0.15) is 12.4 Å². The van der Waals surface area contributed by atoms with Crippen molar-refractivity contribution in [2.24, 2.45) is 0 Å². The first-order chi connectivity index (χ1) is 17.2. The molecule has 1 aromatic heterocycles. The quantitative estimate of drug-likeness (QED) is 0.0985. The maximum Gasteiger partial charge on any atom is 0.257 e. The fourth-order valence-corrected chi connectivity index (χ4v) is 5.63. The molecule has 0 spiro atoms. The predicted molar refractivity (Wildman–Crippen MR) is 156 cm³/mol. The van der Waals surface area contributed by atoms with E-state index < -0.39 is 0 Å². The Morgan fingerprint density at radius 2 is 0.914 bits per heavy atom. The van der Waals surface area contributed by atoms with Crippen LogP contribution in [0.3, 0.4) is 0 Å². The average molecular weight is 490 g/mol. The Balaban J connectivity index is 2.06. The zero-order valence-corrected chi connectivity index (χ0v) is 24.7. The van der Waals surface area contributed by atoms with Gasteiger partial charge in [0.2, 0.25) is 0 Å². The molecule has 0 aliphatic carbocycles. The number of H-pyrrole nitrogens is 1. The number of aromatic amines is 1. The van der Waals surface area contributed by atoms with Crippen molar-refractivity contribution in [1.82, 2.24) is 4.98 Å². The van der Waals surface area contributed by atoms with E-state index in [1.807, 2.05) is 0 Å². The fraction of sp³-hybridized carbons (Fsp3) is 0.909. The number of imidazole rings is 1. The third-order valence-electron chi connectivity index (χ3n) is 8.15. The molecule has 2 nitrogen and oxygen atoms in total. The van der Waals surface area contributed by atoms with Crippen LogP contribution >= 0.6 is 0 Å². The van der Waals surface area contributed by atoms with Gasteiger partial charge in [-0.05, 0) is 26.2 Å². The highest BCUT2D eigenvalue weighted by Gasteiger charge is 2.22. The van der Waals surface area contributed by atoms with Gasteiger partial charge in [0.15, 0.2) is 0 Å². The molecule has 0 bridgehead atoms. The first-order valence-electron chi connectivity index (χ1n) is 16.3. The molecule has 0 aliphatic heterocycles. The molecule has 1 N–H and O–H groups in total. The molecule has 35 heavy (non-hydrogen) atoms. The Bertz CT molecular complexity index is 503. The van der Waals surface area contributed by atoms with Gasteiger partial charge in [-0.25, -0.2) is 9.55 Å². The van der Waals surface area contributed by atoms with Crippen LogP contribution in [0.2, 0.25) is 0 Å². The number of nitrogens with one attached hydrogen (secondary N) is 1. The molecule has 2 heteroatoms. The van der Waals surface area contributed by atoms with Gasteiger partial charge in [-0.15, -0.1) is 0 Å². The molecule has 0 saturated carbocycles. The van der Waals surface area contributed by atoms with Crippen molar-refractivity contribution in [3.05, 3.63) is 18.2 Å². The van der Waals surface area contributed by atoms with Crippen LogP contribution in [0.15, 0.2) is 12.4 Å². The standard InChI is InChI=1S/C33H64N2/c1-5-7-9-11-13-15-17-19-21-23-25-27-31(3)33-34-29-30-35(33)32(4)28-26-24-22-20-18-16-14-12-10-8-6-2/h29-32H,5-28H2,1-4H3/p+1. The molecule has 0 radical (unpaired) electrons. The molecule has 1 heterocycles. The smallest absolute Gasteiger partial charge is 0.247 e. The fourth-order valence-electron chi connectivity index (χ4n) is 5.63. The molecule has 0 aliphatic rings. The number of hydrogen-bond donors (Lipinski definition) is 1.